The Labute approximate surface area is 138 Å². The summed E-state index contributed by atoms with van der Waals surface area (Å²) >= 11 is 8.38. The Balaban J connectivity index is 1.90. The summed E-state index contributed by atoms with van der Waals surface area (Å²) in [5, 5.41) is 4.50. The van der Waals surface area contributed by atoms with Crippen LogP contribution >= 0.6 is 34.2 Å². The Bertz CT molecular complexity index is 612. The number of hydrogen-bond donors (Lipinski definition) is 1. The molecule has 0 aromatic heterocycles. The van der Waals surface area contributed by atoms with Crippen molar-refractivity contribution in [2.45, 2.75) is 31.7 Å². The summed E-state index contributed by atoms with van der Waals surface area (Å²) in [5.74, 6) is 0. The molecule has 0 spiro atoms. The first-order chi connectivity index (χ1) is 9.74. The molecule has 3 heteroatoms. The largest absolute Gasteiger partial charge is 0.377 e. The lowest BCUT2D eigenvalue weighted by atomic mass is 9.99. The van der Waals surface area contributed by atoms with Crippen LogP contribution in [-0.4, -0.2) is 0 Å². The van der Waals surface area contributed by atoms with E-state index in [1.807, 2.05) is 12.1 Å². The van der Waals surface area contributed by atoms with E-state index in [2.05, 4.69) is 58.2 Å². The zero-order valence-corrected chi connectivity index (χ0v) is 14.1. The van der Waals surface area contributed by atoms with E-state index in [0.29, 0.717) is 6.04 Å². The van der Waals surface area contributed by atoms with Crippen LogP contribution in [-0.2, 0) is 6.42 Å². The minimum Gasteiger partial charge on any atom is -0.377 e. The Morgan fingerprint density at radius 1 is 1.10 bits per heavy atom. The van der Waals surface area contributed by atoms with Gasteiger partial charge in [0.2, 0.25) is 0 Å². The third-order valence-corrected chi connectivity index (χ3v) is 5.01. The van der Waals surface area contributed by atoms with Gasteiger partial charge in [0.25, 0.3) is 0 Å². The van der Waals surface area contributed by atoms with E-state index in [-0.39, 0.29) is 0 Å². The van der Waals surface area contributed by atoms with Gasteiger partial charge in [-0.15, -0.1) is 0 Å². The molecule has 1 aliphatic rings. The monoisotopic (exact) mass is 397 g/mol. The van der Waals surface area contributed by atoms with Crippen molar-refractivity contribution in [2.24, 2.45) is 0 Å². The van der Waals surface area contributed by atoms with Crippen LogP contribution in [0.4, 0.5) is 5.69 Å². The Morgan fingerprint density at radius 2 is 1.95 bits per heavy atom. The molecule has 0 aliphatic heterocycles. The highest BCUT2D eigenvalue weighted by molar-refractivity contribution is 14.1. The highest BCUT2D eigenvalue weighted by atomic mass is 127. The number of rotatable bonds is 2. The fraction of sp³-hybridized carbons (Fsp3) is 0.294. The van der Waals surface area contributed by atoms with Crippen LogP contribution in [0, 0.1) is 3.57 Å². The zero-order chi connectivity index (χ0) is 13.9. The van der Waals surface area contributed by atoms with Crippen molar-refractivity contribution in [3.8, 4) is 0 Å². The molecule has 0 saturated heterocycles. The molecule has 2 aromatic rings. The number of anilines is 1. The number of fused-ring (bicyclic) bond motifs is 1. The molecule has 0 radical (unpaired) electrons. The van der Waals surface area contributed by atoms with Gasteiger partial charge in [-0.2, -0.15) is 0 Å². The lowest BCUT2D eigenvalue weighted by Crippen LogP contribution is -2.12. The van der Waals surface area contributed by atoms with Crippen molar-refractivity contribution in [2.75, 3.05) is 5.32 Å². The fourth-order valence-electron chi connectivity index (χ4n) is 2.87. The highest BCUT2D eigenvalue weighted by Gasteiger charge is 2.18. The SMILES string of the molecule is Clc1ccc(NC2CCCCc3ccccc32)c(I)c1. The summed E-state index contributed by atoms with van der Waals surface area (Å²) in [7, 11) is 0. The highest BCUT2D eigenvalue weighted by Crippen LogP contribution is 2.33. The zero-order valence-electron chi connectivity index (χ0n) is 11.2. The molecular formula is C17H17ClIN. The maximum Gasteiger partial charge on any atom is 0.0516 e. The van der Waals surface area contributed by atoms with E-state index in [1.165, 1.54) is 46.1 Å². The first kappa shape index (κ1) is 14.2. The lowest BCUT2D eigenvalue weighted by Gasteiger charge is -2.21. The number of benzene rings is 2. The van der Waals surface area contributed by atoms with Gasteiger partial charge in [0.15, 0.2) is 0 Å². The Hall–Kier alpha value is -0.740. The van der Waals surface area contributed by atoms with Crippen LogP contribution < -0.4 is 5.32 Å². The van der Waals surface area contributed by atoms with Crippen molar-refractivity contribution >= 4 is 39.9 Å². The normalized spacial score (nSPS) is 18.2. The standard InChI is InChI=1S/C17H17ClIN/c18-13-9-10-17(15(19)11-13)20-16-8-4-2-6-12-5-1-3-7-14(12)16/h1,3,5,7,9-11,16,20H,2,4,6,8H2. The third kappa shape index (κ3) is 3.12. The minimum absolute atomic E-state index is 0.406. The second kappa shape index (κ2) is 6.35. The van der Waals surface area contributed by atoms with E-state index in [1.54, 1.807) is 0 Å². The van der Waals surface area contributed by atoms with Crippen LogP contribution in [0.2, 0.25) is 5.02 Å². The maximum absolute atomic E-state index is 6.03. The van der Waals surface area contributed by atoms with Gasteiger partial charge >= 0.3 is 0 Å². The van der Waals surface area contributed by atoms with Gasteiger partial charge in [0, 0.05) is 14.3 Å². The van der Waals surface area contributed by atoms with Crippen molar-refractivity contribution in [3.63, 3.8) is 0 Å². The summed E-state index contributed by atoms with van der Waals surface area (Å²) in [5.41, 5.74) is 4.12. The van der Waals surface area contributed by atoms with Crippen LogP contribution in [0.25, 0.3) is 0 Å². The molecule has 3 rings (SSSR count). The van der Waals surface area contributed by atoms with Gasteiger partial charge in [0.1, 0.15) is 0 Å². The molecule has 20 heavy (non-hydrogen) atoms. The smallest absolute Gasteiger partial charge is 0.0516 e. The van der Waals surface area contributed by atoms with E-state index in [9.17, 15) is 0 Å². The van der Waals surface area contributed by atoms with Crippen LogP contribution in [0.1, 0.15) is 36.4 Å². The van der Waals surface area contributed by atoms with Gasteiger partial charge in [-0.1, -0.05) is 42.3 Å². The van der Waals surface area contributed by atoms with Crippen LogP contribution in [0.3, 0.4) is 0 Å². The molecule has 2 aromatic carbocycles. The van der Waals surface area contributed by atoms with Crippen LogP contribution in [0.15, 0.2) is 42.5 Å². The minimum atomic E-state index is 0.406. The first-order valence-electron chi connectivity index (χ1n) is 7.03. The molecule has 0 heterocycles. The van der Waals surface area contributed by atoms with Crippen LogP contribution in [0.5, 0.6) is 0 Å². The van der Waals surface area contributed by atoms with Crippen molar-refractivity contribution in [1.29, 1.82) is 0 Å². The quantitative estimate of drug-likeness (QED) is 0.497. The van der Waals surface area contributed by atoms with Gasteiger partial charge in [-0.05, 0) is 71.2 Å². The van der Waals surface area contributed by atoms with Crippen molar-refractivity contribution in [3.05, 3.63) is 62.2 Å². The molecule has 1 nitrogen and oxygen atoms in total. The summed E-state index contributed by atoms with van der Waals surface area (Å²) in [4.78, 5) is 0. The van der Waals surface area contributed by atoms with Gasteiger partial charge in [-0.25, -0.2) is 0 Å². The molecule has 0 fully saturated rings. The van der Waals surface area contributed by atoms with E-state index >= 15 is 0 Å². The van der Waals surface area contributed by atoms with Gasteiger partial charge < -0.3 is 5.32 Å². The molecular weight excluding hydrogens is 381 g/mol. The molecule has 0 amide bonds. The second-order valence-corrected chi connectivity index (χ2v) is 6.86. The first-order valence-corrected chi connectivity index (χ1v) is 8.49. The third-order valence-electron chi connectivity index (χ3n) is 3.88. The predicted octanol–water partition coefficient (Wildman–Crippen LogP) is 5.82. The van der Waals surface area contributed by atoms with E-state index < -0.39 is 0 Å². The second-order valence-electron chi connectivity index (χ2n) is 5.27. The molecule has 1 atom stereocenters. The molecule has 1 N–H and O–H groups in total. The molecule has 0 saturated carbocycles. The van der Waals surface area contributed by atoms with Gasteiger partial charge in [-0.3, -0.25) is 0 Å². The number of hydrogen-bond acceptors (Lipinski definition) is 1. The summed E-state index contributed by atoms with van der Waals surface area (Å²) in [6.45, 7) is 0. The Morgan fingerprint density at radius 3 is 2.80 bits per heavy atom. The van der Waals surface area contributed by atoms with Crippen molar-refractivity contribution < 1.29 is 0 Å². The molecule has 104 valence electrons. The average molecular weight is 398 g/mol. The topological polar surface area (TPSA) is 12.0 Å². The van der Waals surface area contributed by atoms with Crippen molar-refractivity contribution in [1.82, 2.24) is 0 Å². The summed E-state index contributed by atoms with van der Waals surface area (Å²) in [6, 6.07) is 15.3. The predicted molar refractivity (Wildman–Crippen MR) is 94.5 cm³/mol. The molecule has 1 unspecified atom stereocenters. The average Bonchev–Trinajstić information content (AvgIpc) is 2.65. The number of nitrogens with one attached hydrogen (secondary N) is 1. The van der Waals surface area contributed by atoms with E-state index in [0.717, 1.165) is 5.02 Å². The number of halogens is 2. The Kier molecular flexibility index (Phi) is 4.51. The van der Waals surface area contributed by atoms with Gasteiger partial charge in [0.05, 0.1) is 6.04 Å². The number of aryl methyl sites for hydroxylation is 1. The molecule has 1 aliphatic carbocycles. The fourth-order valence-corrected chi connectivity index (χ4v) is 3.89. The summed E-state index contributed by atoms with van der Waals surface area (Å²) in [6.07, 6.45) is 4.95. The van der Waals surface area contributed by atoms with E-state index in [4.69, 9.17) is 11.6 Å². The molecule has 0 bridgehead atoms. The lowest BCUT2D eigenvalue weighted by molar-refractivity contribution is 0.644. The summed E-state index contributed by atoms with van der Waals surface area (Å²) < 4.78 is 1.18. The maximum atomic E-state index is 6.03.